The number of halogens is 1. The second-order valence-corrected chi connectivity index (χ2v) is 5.78. The van der Waals surface area contributed by atoms with Crippen LogP contribution in [0.4, 0.5) is 0 Å². The minimum absolute atomic E-state index is 0.0290. The standard InChI is InChI=1S/C14H16ClNO2S/c1-19-11-4-5-13(15)12(7-11)14(18)16-10-3-2-9(6-10)8-17/h2-5,7,9-10,17H,6,8H2,1H3,(H,16,18)/t9-,10+/m0/s1. The van der Waals surface area contributed by atoms with E-state index >= 15 is 0 Å². The van der Waals surface area contributed by atoms with Crippen molar-refractivity contribution in [3.8, 4) is 0 Å². The van der Waals surface area contributed by atoms with Crippen molar-refractivity contribution in [3.63, 3.8) is 0 Å². The molecule has 1 aromatic rings. The fourth-order valence-corrected chi connectivity index (χ4v) is 2.71. The number of carbonyl (C=O) groups is 1. The summed E-state index contributed by atoms with van der Waals surface area (Å²) in [7, 11) is 0. The number of thioether (sulfide) groups is 1. The van der Waals surface area contributed by atoms with Crippen LogP contribution in [-0.4, -0.2) is 29.9 Å². The number of amides is 1. The topological polar surface area (TPSA) is 49.3 Å². The third-order valence-electron chi connectivity index (χ3n) is 3.14. The lowest BCUT2D eigenvalue weighted by Crippen LogP contribution is -2.33. The predicted octanol–water partition coefficient (Wildman–Crippen LogP) is 2.73. The van der Waals surface area contributed by atoms with Gasteiger partial charge in [0.05, 0.1) is 10.6 Å². The highest BCUT2D eigenvalue weighted by atomic mass is 35.5. The van der Waals surface area contributed by atoms with E-state index in [4.69, 9.17) is 16.7 Å². The van der Waals surface area contributed by atoms with Crippen molar-refractivity contribution in [2.24, 2.45) is 5.92 Å². The number of rotatable bonds is 4. The molecule has 5 heteroatoms. The lowest BCUT2D eigenvalue weighted by molar-refractivity contribution is 0.0941. The average molecular weight is 298 g/mol. The summed E-state index contributed by atoms with van der Waals surface area (Å²) < 4.78 is 0. The van der Waals surface area contributed by atoms with Crippen LogP contribution < -0.4 is 5.32 Å². The first kappa shape index (κ1) is 14.4. The smallest absolute Gasteiger partial charge is 0.253 e. The van der Waals surface area contributed by atoms with Gasteiger partial charge in [-0.2, -0.15) is 0 Å². The second-order valence-electron chi connectivity index (χ2n) is 4.49. The van der Waals surface area contributed by atoms with Gasteiger partial charge in [0.2, 0.25) is 0 Å². The van der Waals surface area contributed by atoms with Gasteiger partial charge in [0, 0.05) is 23.5 Å². The highest BCUT2D eigenvalue weighted by Crippen LogP contribution is 2.24. The Morgan fingerprint density at radius 1 is 1.53 bits per heavy atom. The zero-order valence-corrected chi connectivity index (χ0v) is 12.2. The minimum atomic E-state index is -0.172. The van der Waals surface area contributed by atoms with Gasteiger partial charge in [-0.25, -0.2) is 0 Å². The number of aliphatic hydroxyl groups excluding tert-OH is 1. The van der Waals surface area contributed by atoms with E-state index in [-0.39, 0.29) is 24.5 Å². The molecule has 1 amide bonds. The molecule has 0 aliphatic heterocycles. The van der Waals surface area contributed by atoms with Crippen LogP contribution in [0.15, 0.2) is 35.2 Å². The third-order valence-corrected chi connectivity index (χ3v) is 4.20. The Kier molecular flexibility index (Phi) is 4.91. The predicted molar refractivity (Wildman–Crippen MR) is 78.8 cm³/mol. The SMILES string of the molecule is CSc1ccc(Cl)c(C(=O)N[C@@H]2C=C[C@H](CO)C2)c1. The Labute approximate surface area is 122 Å². The molecule has 0 heterocycles. The van der Waals surface area contributed by atoms with E-state index in [9.17, 15) is 4.79 Å². The molecule has 19 heavy (non-hydrogen) atoms. The molecule has 102 valence electrons. The summed E-state index contributed by atoms with van der Waals surface area (Å²) in [5.74, 6) is -0.0348. The maximum absolute atomic E-state index is 12.2. The summed E-state index contributed by atoms with van der Waals surface area (Å²) in [6.45, 7) is 0.117. The zero-order chi connectivity index (χ0) is 13.8. The van der Waals surface area contributed by atoms with E-state index in [1.54, 1.807) is 23.9 Å². The van der Waals surface area contributed by atoms with Crippen LogP contribution in [0.5, 0.6) is 0 Å². The number of hydrogen-bond donors (Lipinski definition) is 2. The Hall–Kier alpha value is -0.970. The molecule has 3 nitrogen and oxygen atoms in total. The number of hydrogen-bond acceptors (Lipinski definition) is 3. The molecule has 0 radical (unpaired) electrons. The summed E-state index contributed by atoms with van der Waals surface area (Å²) in [5, 5.41) is 12.4. The van der Waals surface area contributed by atoms with Crippen LogP contribution in [0.25, 0.3) is 0 Å². The van der Waals surface area contributed by atoms with Crippen LogP contribution in [0, 0.1) is 5.92 Å². The van der Waals surface area contributed by atoms with Gasteiger partial charge >= 0.3 is 0 Å². The molecule has 1 aromatic carbocycles. The molecule has 0 saturated carbocycles. The Bertz CT molecular complexity index is 504. The van der Waals surface area contributed by atoms with Crippen molar-refractivity contribution in [3.05, 3.63) is 40.9 Å². The molecule has 0 aromatic heterocycles. The molecule has 1 aliphatic carbocycles. The van der Waals surface area contributed by atoms with Crippen molar-refractivity contribution in [2.45, 2.75) is 17.4 Å². The molecular weight excluding hydrogens is 282 g/mol. The lowest BCUT2D eigenvalue weighted by atomic mass is 10.1. The molecule has 2 N–H and O–H groups in total. The van der Waals surface area contributed by atoms with Crippen molar-refractivity contribution in [2.75, 3.05) is 12.9 Å². The monoisotopic (exact) mass is 297 g/mol. The van der Waals surface area contributed by atoms with E-state index < -0.39 is 0 Å². The maximum atomic E-state index is 12.2. The van der Waals surface area contributed by atoms with Gasteiger partial charge in [-0.05, 0) is 30.9 Å². The Morgan fingerprint density at radius 2 is 2.32 bits per heavy atom. The minimum Gasteiger partial charge on any atom is -0.396 e. The van der Waals surface area contributed by atoms with Gasteiger partial charge < -0.3 is 10.4 Å². The van der Waals surface area contributed by atoms with E-state index in [1.165, 1.54) is 0 Å². The third kappa shape index (κ3) is 3.53. The molecule has 0 fully saturated rings. The van der Waals surface area contributed by atoms with Crippen LogP contribution in [0.2, 0.25) is 5.02 Å². The average Bonchev–Trinajstić information content (AvgIpc) is 2.87. The van der Waals surface area contributed by atoms with Crippen molar-refractivity contribution < 1.29 is 9.90 Å². The molecule has 0 spiro atoms. The van der Waals surface area contributed by atoms with E-state index in [1.807, 2.05) is 24.5 Å². The summed E-state index contributed by atoms with van der Waals surface area (Å²) in [4.78, 5) is 13.2. The molecule has 2 atom stereocenters. The zero-order valence-electron chi connectivity index (χ0n) is 10.6. The fraction of sp³-hybridized carbons (Fsp3) is 0.357. The lowest BCUT2D eigenvalue weighted by Gasteiger charge is -2.14. The fourth-order valence-electron chi connectivity index (χ4n) is 2.07. The first-order valence-electron chi connectivity index (χ1n) is 6.07. The normalized spacial score (nSPS) is 21.6. The number of nitrogens with one attached hydrogen (secondary N) is 1. The first-order valence-corrected chi connectivity index (χ1v) is 7.68. The first-order chi connectivity index (χ1) is 9.13. The Morgan fingerprint density at radius 3 is 2.95 bits per heavy atom. The summed E-state index contributed by atoms with van der Waals surface area (Å²) >= 11 is 7.63. The van der Waals surface area contributed by atoms with Crippen molar-refractivity contribution in [1.29, 1.82) is 0 Å². The van der Waals surface area contributed by atoms with Crippen LogP contribution >= 0.6 is 23.4 Å². The molecule has 0 unspecified atom stereocenters. The van der Waals surface area contributed by atoms with Gasteiger partial charge in [0.15, 0.2) is 0 Å². The second kappa shape index (κ2) is 6.46. The number of carbonyl (C=O) groups excluding carboxylic acids is 1. The molecular formula is C14H16ClNO2S. The number of benzene rings is 1. The highest BCUT2D eigenvalue weighted by molar-refractivity contribution is 7.98. The maximum Gasteiger partial charge on any atom is 0.253 e. The van der Waals surface area contributed by atoms with Gasteiger partial charge in [-0.1, -0.05) is 23.8 Å². The van der Waals surface area contributed by atoms with Gasteiger partial charge in [0.25, 0.3) is 5.91 Å². The van der Waals surface area contributed by atoms with E-state index in [2.05, 4.69) is 5.32 Å². The van der Waals surface area contributed by atoms with Gasteiger partial charge in [0.1, 0.15) is 0 Å². The highest BCUT2D eigenvalue weighted by Gasteiger charge is 2.21. The van der Waals surface area contributed by atoms with Crippen LogP contribution in [0.1, 0.15) is 16.8 Å². The van der Waals surface area contributed by atoms with Crippen molar-refractivity contribution >= 4 is 29.3 Å². The van der Waals surface area contributed by atoms with Gasteiger partial charge in [-0.3, -0.25) is 4.79 Å². The van der Waals surface area contributed by atoms with Crippen LogP contribution in [0.3, 0.4) is 0 Å². The molecule has 1 aliphatic rings. The van der Waals surface area contributed by atoms with Crippen molar-refractivity contribution in [1.82, 2.24) is 5.32 Å². The Balaban J connectivity index is 2.06. The summed E-state index contributed by atoms with van der Waals surface area (Å²) in [5.41, 5.74) is 0.495. The largest absolute Gasteiger partial charge is 0.396 e. The number of aliphatic hydroxyl groups is 1. The summed E-state index contributed by atoms with van der Waals surface area (Å²) in [6.07, 6.45) is 6.55. The summed E-state index contributed by atoms with van der Waals surface area (Å²) in [6, 6.07) is 5.40. The van der Waals surface area contributed by atoms with Crippen LogP contribution in [-0.2, 0) is 0 Å². The van der Waals surface area contributed by atoms with Gasteiger partial charge in [-0.15, -0.1) is 11.8 Å². The quantitative estimate of drug-likeness (QED) is 0.664. The molecule has 0 bridgehead atoms. The van der Waals surface area contributed by atoms with E-state index in [0.717, 1.165) is 11.3 Å². The van der Waals surface area contributed by atoms with E-state index in [0.29, 0.717) is 10.6 Å². The molecule has 2 rings (SSSR count). The molecule has 0 saturated heterocycles.